The number of rotatable bonds is 6. The second-order valence-corrected chi connectivity index (χ2v) is 6.60. The van der Waals surface area contributed by atoms with Crippen LogP contribution in [0.4, 0.5) is 4.39 Å². The third kappa shape index (κ3) is 3.98. The minimum atomic E-state index is -0.297. The molecule has 0 bridgehead atoms. The van der Waals surface area contributed by atoms with Crippen LogP contribution in [0, 0.1) is 5.82 Å². The maximum Gasteiger partial charge on any atom is 0.238 e. The first-order valence-electron chi connectivity index (χ1n) is 9.22. The van der Waals surface area contributed by atoms with Crippen LogP contribution < -0.4 is 4.74 Å². The van der Waals surface area contributed by atoms with Gasteiger partial charge < -0.3 is 9.30 Å². The van der Waals surface area contributed by atoms with Gasteiger partial charge in [-0.2, -0.15) is 0 Å². The van der Waals surface area contributed by atoms with Gasteiger partial charge in [0, 0.05) is 18.9 Å². The van der Waals surface area contributed by atoms with Crippen molar-refractivity contribution < 1.29 is 9.13 Å². The Balaban J connectivity index is 1.51. The molecule has 6 nitrogen and oxygen atoms in total. The van der Waals surface area contributed by atoms with Crippen molar-refractivity contribution in [2.45, 2.75) is 38.9 Å². The zero-order chi connectivity index (χ0) is 18.6. The standard InChI is InChI=1S/C20H22FN5O/c1-2-25-11-9-23-19(25)14-26-10-3-4-18(26)17-12-22-13-20(24-17)27-16-7-5-15(21)6-8-16/h5-9,11-13,18H,2-4,10,14H2,1H3. The van der Waals surface area contributed by atoms with Crippen LogP contribution >= 0.6 is 0 Å². The van der Waals surface area contributed by atoms with Gasteiger partial charge in [-0.15, -0.1) is 0 Å². The van der Waals surface area contributed by atoms with E-state index in [-0.39, 0.29) is 11.9 Å². The van der Waals surface area contributed by atoms with Crippen LogP contribution in [0.5, 0.6) is 11.6 Å². The molecule has 0 amide bonds. The van der Waals surface area contributed by atoms with Crippen LogP contribution in [0.25, 0.3) is 0 Å². The molecule has 1 saturated heterocycles. The molecule has 0 aliphatic carbocycles. The van der Waals surface area contributed by atoms with Crippen molar-refractivity contribution in [1.82, 2.24) is 24.4 Å². The number of imidazole rings is 1. The molecule has 3 aromatic rings. The zero-order valence-electron chi connectivity index (χ0n) is 15.3. The molecule has 1 unspecified atom stereocenters. The Labute approximate surface area is 157 Å². The topological polar surface area (TPSA) is 56.1 Å². The van der Waals surface area contributed by atoms with Crippen molar-refractivity contribution in [2.75, 3.05) is 6.54 Å². The maximum atomic E-state index is 13.1. The fraction of sp³-hybridized carbons (Fsp3) is 0.350. The number of aromatic nitrogens is 4. The quantitative estimate of drug-likeness (QED) is 0.660. The summed E-state index contributed by atoms with van der Waals surface area (Å²) in [7, 11) is 0. The highest BCUT2D eigenvalue weighted by Gasteiger charge is 2.28. The smallest absolute Gasteiger partial charge is 0.238 e. The van der Waals surface area contributed by atoms with E-state index in [1.54, 1.807) is 24.5 Å². The van der Waals surface area contributed by atoms with Crippen molar-refractivity contribution in [3.05, 3.63) is 66.4 Å². The second kappa shape index (κ2) is 7.84. The van der Waals surface area contributed by atoms with Gasteiger partial charge in [-0.1, -0.05) is 0 Å². The van der Waals surface area contributed by atoms with Gasteiger partial charge in [0.1, 0.15) is 17.4 Å². The predicted molar refractivity (Wildman–Crippen MR) is 98.8 cm³/mol. The first kappa shape index (κ1) is 17.6. The largest absolute Gasteiger partial charge is 0.437 e. The van der Waals surface area contributed by atoms with Crippen LogP contribution in [-0.4, -0.2) is 31.0 Å². The van der Waals surface area contributed by atoms with E-state index in [0.717, 1.165) is 44.0 Å². The summed E-state index contributed by atoms with van der Waals surface area (Å²) in [4.78, 5) is 15.8. The van der Waals surface area contributed by atoms with Gasteiger partial charge in [-0.05, 0) is 50.6 Å². The maximum absolute atomic E-state index is 13.1. The molecule has 0 N–H and O–H groups in total. The summed E-state index contributed by atoms with van der Waals surface area (Å²) in [5, 5.41) is 0. The van der Waals surface area contributed by atoms with Gasteiger partial charge in [-0.3, -0.25) is 9.88 Å². The van der Waals surface area contributed by atoms with E-state index in [0.29, 0.717) is 11.6 Å². The summed E-state index contributed by atoms with van der Waals surface area (Å²) in [6, 6.07) is 6.07. The molecule has 1 fully saturated rings. The van der Waals surface area contributed by atoms with E-state index in [2.05, 4.69) is 31.3 Å². The predicted octanol–water partition coefficient (Wildman–Crippen LogP) is 3.96. The molecule has 1 atom stereocenters. The van der Waals surface area contributed by atoms with E-state index in [4.69, 9.17) is 4.74 Å². The Morgan fingerprint density at radius 2 is 2.07 bits per heavy atom. The van der Waals surface area contributed by atoms with Gasteiger partial charge in [-0.25, -0.2) is 14.4 Å². The van der Waals surface area contributed by atoms with E-state index in [1.807, 2.05) is 12.4 Å². The monoisotopic (exact) mass is 367 g/mol. The van der Waals surface area contributed by atoms with E-state index in [9.17, 15) is 4.39 Å². The molecule has 1 aromatic carbocycles. The molecule has 0 spiro atoms. The molecule has 140 valence electrons. The van der Waals surface area contributed by atoms with Crippen LogP contribution in [0.15, 0.2) is 49.1 Å². The fourth-order valence-electron chi connectivity index (χ4n) is 3.51. The lowest BCUT2D eigenvalue weighted by Crippen LogP contribution is -2.25. The van der Waals surface area contributed by atoms with Crippen LogP contribution in [0.1, 0.15) is 37.3 Å². The first-order chi connectivity index (χ1) is 13.2. The fourth-order valence-corrected chi connectivity index (χ4v) is 3.51. The highest BCUT2D eigenvalue weighted by Crippen LogP contribution is 2.32. The number of halogens is 1. The van der Waals surface area contributed by atoms with Gasteiger partial charge >= 0.3 is 0 Å². The molecule has 0 radical (unpaired) electrons. The molecule has 0 saturated carbocycles. The molecule has 1 aliphatic heterocycles. The highest BCUT2D eigenvalue weighted by atomic mass is 19.1. The third-order valence-electron chi connectivity index (χ3n) is 4.86. The normalized spacial score (nSPS) is 17.3. The van der Waals surface area contributed by atoms with Crippen molar-refractivity contribution >= 4 is 0 Å². The lowest BCUT2D eigenvalue weighted by molar-refractivity contribution is 0.233. The first-order valence-corrected chi connectivity index (χ1v) is 9.22. The van der Waals surface area contributed by atoms with Crippen molar-refractivity contribution in [3.8, 4) is 11.6 Å². The molecule has 1 aliphatic rings. The third-order valence-corrected chi connectivity index (χ3v) is 4.86. The molecule has 7 heteroatoms. The molecular weight excluding hydrogens is 345 g/mol. The number of likely N-dealkylation sites (tertiary alicyclic amines) is 1. The van der Waals surface area contributed by atoms with Crippen LogP contribution in [0.2, 0.25) is 0 Å². The number of nitrogens with zero attached hydrogens (tertiary/aromatic N) is 5. The summed E-state index contributed by atoms with van der Waals surface area (Å²) in [6.07, 6.45) is 9.38. The highest BCUT2D eigenvalue weighted by molar-refractivity contribution is 5.26. The number of hydrogen-bond acceptors (Lipinski definition) is 5. The van der Waals surface area contributed by atoms with Crippen molar-refractivity contribution in [1.29, 1.82) is 0 Å². The van der Waals surface area contributed by atoms with E-state index >= 15 is 0 Å². The lowest BCUT2D eigenvalue weighted by atomic mass is 10.1. The minimum absolute atomic E-state index is 0.191. The van der Waals surface area contributed by atoms with Gasteiger partial charge in [0.2, 0.25) is 5.88 Å². The summed E-state index contributed by atoms with van der Waals surface area (Å²) in [6.45, 7) is 4.82. The van der Waals surface area contributed by atoms with Crippen LogP contribution in [-0.2, 0) is 13.1 Å². The summed E-state index contributed by atoms with van der Waals surface area (Å²) in [5.74, 6) is 1.72. The lowest BCUT2D eigenvalue weighted by Gasteiger charge is -2.24. The Bertz CT molecular complexity index is 895. The second-order valence-electron chi connectivity index (χ2n) is 6.60. The van der Waals surface area contributed by atoms with E-state index < -0.39 is 0 Å². The molecule has 2 aromatic heterocycles. The Morgan fingerprint density at radius 3 is 2.89 bits per heavy atom. The Hall–Kier alpha value is -2.80. The average molecular weight is 367 g/mol. The summed E-state index contributed by atoms with van der Waals surface area (Å²) in [5.41, 5.74) is 0.890. The minimum Gasteiger partial charge on any atom is -0.437 e. The van der Waals surface area contributed by atoms with Crippen molar-refractivity contribution in [2.24, 2.45) is 0 Å². The number of benzene rings is 1. The Morgan fingerprint density at radius 1 is 1.22 bits per heavy atom. The summed E-state index contributed by atoms with van der Waals surface area (Å²) >= 11 is 0. The molecule has 3 heterocycles. The van der Waals surface area contributed by atoms with Crippen molar-refractivity contribution in [3.63, 3.8) is 0 Å². The molecule has 27 heavy (non-hydrogen) atoms. The molecule has 4 rings (SSSR count). The Kier molecular flexibility index (Phi) is 5.11. The van der Waals surface area contributed by atoms with Gasteiger partial charge in [0.25, 0.3) is 0 Å². The van der Waals surface area contributed by atoms with Gasteiger partial charge in [0.15, 0.2) is 0 Å². The zero-order valence-corrected chi connectivity index (χ0v) is 15.3. The number of ether oxygens (including phenoxy) is 1. The van der Waals surface area contributed by atoms with Crippen LogP contribution in [0.3, 0.4) is 0 Å². The summed E-state index contributed by atoms with van der Waals surface area (Å²) < 4.78 is 20.9. The van der Waals surface area contributed by atoms with Gasteiger partial charge in [0.05, 0.1) is 30.7 Å². The number of hydrogen-bond donors (Lipinski definition) is 0. The van der Waals surface area contributed by atoms with E-state index in [1.165, 1.54) is 12.1 Å². The number of aryl methyl sites for hydroxylation is 1. The molecular formula is C20H22FN5O. The average Bonchev–Trinajstić information content (AvgIpc) is 3.33. The SMILES string of the molecule is CCn1ccnc1CN1CCCC1c1cncc(Oc2ccc(F)cc2)n1.